The summed E-state index contributed by atoms with van der Waals surface area (Å²) in [7, 11) is 3.31. The maximum absolute atomic E-state index is 5.49. The topological polar surface area (TPSA) is 49.4 Å². The van der Waals surface area contributed by atoms with E-state index < -0.39 is 0 Å². The van der Waals surface area contributed by atoms with Gasteiger partial charge >= 0.3 is 0 Å². The van der Waals surface area contributed by atoms with Crippen molar-refractivity contribution in [3.63, 3.8) is 0 Å². The van der Waals surface area contributed by atoms with Crippen LogP contribution in [-0.4, -0.2) is 23.8 Å². The summed E-state index contributed by atoms with van der Waals surface area (Å²) in [5.41, 5.74) is 2.00. The highest BCUT2D eigenvalue weighted by Gasteiger charge is 2.18. The van der Waals surface area contributed by atoms with E-state index in [2.05, 4.69) is 4.98 Å². The molecule has 0 fully saturated rings. The van der Waals surface area contributed by atoms with Gasteiger partial charge in [0.2, 0.25) is 0 Å². The lowest BCUT2D eigenvalue weighted by molar-refractivity contribution is 0.113. The molecule has 0 bridgehead atoms. The predicted octanol–water partition coefficient (Wildman–Crippen LogP) is 3.27. The molecule has 3 rings (SSSR count). The third kappa shape index (κ3) is 3.04. The molecule has 0 spiro atoms. The molecule has 5 heteroatoms. The molecule has 0 amide bonds. The summed E-state index contributed by atoms with van der Waals surface area (Å²) >= 11 is 0. The zero-order valence-electron chi connectivity index (χ0n) is 12.6. The maximum Gasteiger partial charge on any atom is 0.158 e. The second-order valence-corrected chi connectivity index (χ2v) is 4.95. The van der Waals surface area contributed by atoms with Gasteiger partial charge in [-0.3, -0.25) is 0 Å². The van der Waals surface area contributed by atoms with Crippen molar-refractivity contribution < 1.29 is 13.9 Å². The smallest absolute Gasteiger partial charge is 0.158 e. The lowest BCUT2D eigenvalue weighted by Crippen LogP contribution is -2.03. The van der Waals surface area contributed by atoms with Crippen LogP contribution < -0.4 is 4.74 Å². The molecule has 5 nitrogen and oxygen atoms in total. The van der Waals surface area contributed by atoms with Crippen molar-refractivity contribution in [1.29, 1.82) is 0 Å². The first-order valence-electron chi connectivity index (χ1n) is 7.01. The quantitative estimate of drug-likeness (QED) is 0.701. The number of hydrogen-bond donors (Lipinski definition) is 0. The lowest BCUT2D eigenvalue weighted by atomic mass is 10.2. The SMILES string of the molecule is COc1ccc(Cn2cnc(C(OC)c3ccco3)c2)cc1. The van der Waals surface area contributed by atoms with Gasteiger partial charge in [-0.2, -0.15) is 0 Å². The van der Waals surface area contributed by atoms with Gasteiger partial charge in [-0.05, 0) is 29.8 Å². The van der Waals surface area contributed by atoms with Crippen molar-refractivity contribution in [2.45, 2.75) is 12.6 Å². The Kier molecular flexibility index (Phi) is 4.25. The number of methoxy groups -OCH3 is 2. The molecule has 0 N–H and O–H groups in total. The minimum Gasteiger partial charge on any atom is -0.497 e. The highest BCUT2D eigenvalue weighted by molar-refractivity contribution is 5.27. The van der Waals surface area contributed by atoms with Crippen LogP contribution in [0.5, 0.6) is 5.75 Å². The fraction of sp³-hybridized carbons (Fsp3) is 0.235. The van der Waals surface area contributed by atoms with Crippen molar-refractivity contribution in [1.82, 2.24) is 9.55 Å². The van der Waals surface area contributed by atoms with Gasteiger partial charge in [-0.1, -0.05) is 12.1 Å². The molecule has 0 aliphatic carbocycles. The molecule has 0 radical (unpaired) electrons. The molecular weight excluding hydrogens is 280 g/mol. The standard InChI is InChI=1S/C17H18N2O3/c1-20-14-7-5-13(6-8-14)10-19-11-15(18-12-19)17(21-2)16-4-3-9-22-16/h3-9,11-12,17H,10H2,1-2H3. The van der Waals surface area contributed by atoms with Gasteiger partial charge in [0.25, 0.3) is 0 Å². The van der Waals surface area contributed by atoms with E-state index in [0.29, 0.717) is 0 Å². The van der Waals surface area contributed by atoms with Crippen LogP contribution in [0.1, 0.15) is 23.1 Å². The lowest BCUT2D eigenvalue weighted by Gasteiger charge is -2.09. The third-order valence-electron chi connectivity index (χ3n) is 3.48. The Balaban J connectivity index is 1.75. The fourth-order valence-corrected chi connectivity index (χ4v) is 2.36. The minimum atomic E-state index is -0.285. The second kappa shape index (κ2) is 6.49. The van der Waals surface area contributed by atoms with Crippen molar-refractivity contribution in [3.8, 4) is 5.75 Å². The average molecular weight is 298 g/mol. The van der Waals surface area contributed by atoms with Crippen LogP contribution in [0.25, 0.3) is 0 Å². The van der Waals surface area contributed by atoms with E-state index >= 15 is 0 Å². The largest absolute Gasteiger partial charge is 0.497 e. The normalized spacial score (nSPS) is 12.3. The van der Waals surface area contributed by atoms with Crippen LogP contribution in [0, 0.1) is 0 Å². The highest BCUT2D eigenvalue weighted by atomic mass is 16.5. The van der Waals surface area contributed by atoms with Crippen molar-refractivity contribution in [2.24, 2.45) is 0 Å². The Morgan fingerprint density at radius 2 is 2.00 bits per heavy atom. The summed E-state index contributed by atoms with van der Waals surface area (Å²) in [6.45, 7) is 0.742. The maximum atomic E-state index is 5.49. The van der Waals surface area contributed by atoms with Crippen LogP contribution in [0.2, 0.25) is 0 Å². The first-order valence-corrected chi connectivity index (χ1v) is 7.01. The summed E-state index contributed by atoms with van der Waals surface area (Å²) in [5, 5.41) is 0. The van der Waals surface area contributed by atoms with E-state index in [9.17, 15) is 0 Å². The number of furan rings is 1. The molecule has 3 aromatic rings. The highest BCUT2D eigenvalue weighted by Crippen LogP contribution is 2.24. The molecule has 114 valence electrons. The van der Waals surface area contributed by atoms with Crippen LogP contribution >= 0.6 is 0 Å². The van der Waals surface area contributed by atoms with Gasteiger partial charge in [0.05, 0.1) is 25.4 Å². The molecule has 2 aromatic heterocycles. The number of nitrogens with zero attached hydrogens (tertiary/aromatic N) is 2. The summed E-state index contributed by atoms with van der Waals surface area (Å²) in [6, 6.07) is 11.7. The number of rotatable bonds is 6. The molecule has 1 unspecified atom stereocenters. The van der Waals surface area contributed by atoms with Gasteiger partial charge in [0, 0.05) is 19.9 Å². The Labute approximate surface area is 129 Å². The number of aromatic nitrogens is 2. The molecule has 2 heterocycles. The number of imidazole rings is 1. The van der Waals surface area contributed by atoms with E-state index in [4.69, 9.17) is 13.9 Å². The Morgan fingerprint density at radius 1 is 1.18 bits per heavy atom. The molecule has 1 aromatic carbocycles. The Morgan fingerprint density at radius 3 is 2.64 bits per heavy atom. The number of ether oxygens (including phenoxy) is 2. The van der Waals surface area contributed by atoms with E-state index in [1.165, 1.54) is 5.56 Å². The number of benzene rings is 1. The summed E-state index contributed by atoms with van der Waals surface area (Å²) in [6.07, 6.45) is 5.12. The monoisotopic (exact) mass is 298 g/mol. The van der Waals surface area contributed by atoms with E-state index in [0.717, 1.165) is 23.7 Å². The van der Waals surface area contributed by atoms with Crippen LogP contribution in [0.4, 0.5) is 0 Å². The Bertz CT molecular complexity index is 702. The van der Waals surface area contributed by atoms with Gasteiger partial charge < -0.3 is 18.5 Å². The molecular formula is C17H18N2O3. The fourth-order valence-electron chi connectivity index (χ4n) is 2.36. The molecule has 1 atom stereocenters. The second-order valence-electron chi connectivity index (χ2n) is 4.95. The summed E-state index contributed by atoms with van der Waals surface area (Å²) < 4.78 is 18.1. The van der Waals surface area contributed by atoms with Gasteiger partial charge in [0.1, 0.15) is 11.5 Å². The first-order chi connectivity index (χ1) is 10.8. The molecule has 0 saturated heterocycles. The Hall–Kier alpha value is -2.53. The van der Waals surface area contributed by atoms with Crippen molar-refractivity contribution >= 4 is 0 Å². The van der Waals surface area contributed by atoms with Gasteiger partial charge in [-0.25, -0.2) is 4.98 Å². The zero-order valence-corrected chi connectivity index (χ0v) is 12.6. The number of hydrogen-bond acceptors (Lipinski definition) is 4. The van der Waals surface area contributed by atoms with Crippen LogP contribution in [0.3, 0.4) is 0 Å². The average Bonchev–Trinajstić information content (AvgIpc) is 3.22. The molecule has 22 heavy (non-hydrogen) atoms. The van der Waals surface area contributed by atoms with E-state index in [-0.39, 0.29) is 6.10 Å². The molecule has 0 saturated carbocycles. The first kappa shape index (κ1) is 14.4. The summed E-state index contributed by atoms with van der Waals surface area (Å²) in [5.74, 6) is 1.60. The van der Waals surface area contributed by atoms with Gasteiger partial charge in [0.15, 0.2) is 6.10 Å². The third-order valence-corrected chi connectivity index (χ3v) is 3.48. The van der Waals surface area contributed by atoms with Crippen molar-refractivity contribution in [2.75, 3.05) is 14.2 Å². The molecule has 0 aliphatic rings. The zero-order chi connectivity index (χ0) is 15.4. The van der Waals surface area contributed by atoms with E-state index in [1.54, 1.807) is 26.8 Å². The summed E-state index contributed by atoms with van der Waals surface area (Å²) in [4.78, 5) is 4.43. The predicted molar refractivity (Wildman–Crippen MR) is 81.9 cm³/mol. The van der Waals surface area contributed by atoms with Crippen molar-refractivity contribution in [3.05, 3.63) is 72.2 Å². The van der Waals surface area contributed by atoms with Gasteiger partial charge in [-0.15, -0.1) is 0 Å². The van der Waals surface area contributed by atoms with E-state index in [1.807, 2.05) is 47.2 Å². The minimum absolute atomic E-state index is 0.285. The van der Waals surface area contributed by atoms with Crippen LogP contribution in [-0.2, 0) is 11.3 Å². The van der Waals surface area contributed by atoms with Crippen LogP contribution in [0.15, 0.2) is 59.6 Å². The molecule has 0 aliphatic heterocycles.